The monoisotopic (exact) mass is 232 g/mol. The standard InChI is InChI=1S/C12H12N2O3/c15-6-5-13-10-4-2-1-3-8(10)9-7-11(16)14-12(9)17/h1-4,7,13,15H,5-6H2,(H,14,16,17). The van der Waals surface area contributed by atoms with Crippen molar-refractivity contribution in [1.29, 1.82) is 0 Å². The number of amides is 2. The van der Waals surface area contributed by atoms with Crippen molar-refractivity contribution in [3.63, 3.8) is 0 Å². The number of carbonyl (C=O) groups excluding carboxylic acids is 2. The zero-order chi connectivity index (χ0) is 12.3. The average Bonchev–Trinajstić information content (AvgIpc) is 2.66. The van der Waals surface area contributed by atoms with Crippen molar-refractivity contribution in [1.82, 2.24) is 5.32 Å². The van der Waals surface area contributed by atoms with E-state index in [0.29, 0.717) is 17.7 Å². The van der Waals surface area contributed by atoms with Gasteiger partial charge in [-0.15, -0.1) is 0 Å². The summed E-state index contributed by atoms with van der Waals surface area (Å²) in [5.74, 6) is -0.796. The fraction of sp³-hybridized carbons (Fsp3) is 0.167. The van der Waals surface area contributed by atoms with Crippen LogP contribution in [-0.4, -0.2) is 30.1 Å². The molecule has 0 spiro atoms. The molecule has 0 radical (unpaired) electrons. The second kappa shape index (κ2) is 4.80. The van der Waals surface area contributed by atoms with Crippen molar-refractivity contribution in [3.8, 4) is 0 Å². The van der Waals surface area contributed by atoms with Gasteiger partial charge in [-0.25, -0.2) is 0 Å². The van der Waals surface area contributed by atoms with Gasteiger partial charge in [0, 0.05) is 23.9 Å². The molecule has 2 rings (SSSR count). The summed E-state index contributed by atoms with van der Waals surface area (Å²) in [6.45, 7) is 0.387. The number of rotatable bonds is 4. The molecule has 0 unspecified atom stereocenters. The molecule has 88 valence electrons. The molecule has 0 saturated carbocycles. The van der Waals surface area contributed by atoms with E-state index in [1.807, 2.05) is 6.07 Å². The third-order valence-corrected chi connectivity index (χ3v) is 2.40. The van der Waals surface area contributed by atoms with Crippen LogP contribution in [0.5, 0.6) is 0 Å². The SMILES string of the molecule is O=C1C=C(c2ccccc2NCCO)C(=O)N1. The van der Waals surface area contributed by atoms with E-state index in [9.17, 15) is 9.59 Å². The van der Waals surface area contributed by atoms with Crippen LogP contribution in [0.25, 0.3) is 5.57 Å². The van der Waals surface area contributed by atoms with Crippen LogP contribution in [0.15, 0.2) is 30.3 Å². The van der Waals surface area contributed by atoms with Crippen molar-refractivity contribution in [2.24, 2.45) is 0 Å². The van der Waals surface area contributed by atoms with Crippen molar-refractivity contribution in [3.05, 3.63) is 35.9 Å². The maximum atomic E-state index is 11.5. The van der Waals surface area contributed by atoms with Gasteiger partial charge >= 0.3 is 0 Å². The zero-order valence-electron chi connectivity index (χ0n) is 9.06. The summed E-state index contributed by atoms with van der Waals surface area (Å²) >= 11 is 0. The van der Waals surface area contributed by atoms with E-state index in [0.717, 1.165) is 5.69 Å². The van der Waals surface area contributed by atoms with Gasteiger partial charge in [-0.05, 0) is 6.07 Å². The molecule has 0 aliphatic carbocycles. The number of nitrogens with one attached hydrogen (secondary N) is 2. The number of imide groups is 1. The van der Waals surface area contributed by atoms with Gasteiger partial charge in [-0.2, -0.15) is 0 Å². The summed E-state index contributed by atoms with van der Waals surface area (Å²) in [4.78, 5) is 22.6. The third kappa shape index (κ3) is 2.34. The molecular formula is C12H12N2O3. The smallest absolute Gasteiger partial charge is 0.258 e. The van der Waals surface area contributed by atoms with E-state index < -0.39 is 11.8 Å². The molecule has 1 aromatic carbocycles. The van der Waals surface area contributed by atoms with Crippen LogP contribution in [0.2, 0.25) is 0 Å². The van der Waals surface area contributed by atoms with Gasteiger partial charge in [-0.1, -0.05) is 18.2 Å². The summed E-state index contributed by atoms with van der Waals surface area (Å²) in [5, 5.41) is 14.0. The van der Waals surface area contributed by atoms with Crippen LogP contribution in [0, 0.1) is 0 Å². The first-order valence-electron chi connectivity index (χ1n) is 5.23. The largest absolute Gasteiger partial charge is 0.395 e. The molecule has 1 aliphatic rings. The first-order chi connectivity index (χ1) is 8.22. The highest BCUT2D eigenvalue weighted by Crippen LogP contribution is 2.25. The molecule has 0 bridgehead atoms. The van der Waals surface area contributed by atoms with Gasteiger partial charge in [0.05, 0.1) is 12.2 Å². The Kier molecular flexibility index (Phi) is 3.20. The first kappa shape index (κ1) is 11.3. The third-order valence-electron chi connectivity index (χ3n) is 2.40. The van der Waals surface area contributed by atoms with Gasteiger partial charge in [0.2, 0.25) is 0 Å². The molecule has 0 saturated heterocycles. The Hall–Kier alpha value is -2.14. The highest BCUT2D eigenvalue weighted by Gasteiger charge is 2.23. The van der Waals surface area contributed by atoms with Crippen molar-refractivity contribution >= 4 is 23.1 Å². The van der Waals surface area contributed by atoms with E-state index in [-0.39, 0.29) is 6.61 Å². The first-order valence-corrected chi connectivity index (χ1v) is 5.23. The summed E-state index contributed by atoms with van der Waals surface area (Å²) in [5.41, 5.74) is 1.72. The number of hydrogen-bond acceptors (Lipinski definition) is 4. The van der Waals surface area contributed by atoms with Gasteiger partial charge in [0.25, 0.3) is 11.8 Å². The minimum absolute atomic E-state index is 0.00148. The van der Waals surface area contributed by atoms with E-state index in [1.165, 1.54) is 6.08 Å². The van der Waals surface area contributed by atoms with E-state index in [1.54, 1.807) is 18.2 Å². The molecule has 1 heterocycles. The molecule has 1 aromatic rings. The van der Waals surface area contributed by atoms with Gasteiger partial charge in [0.15, 0.2) is 0 Å². The number of hydrogen-bond donors (Lipinski definition) is 3. The highest BCUT2D eigenvalue weighted by molar-refractivity contribution is 6.34. The molecule has 0 fully saturated rings. The van der Waals surface area contributed by atoms with Crippen molar-refractivity contribution < 1.29 is 14.7 Å². The van der Waals surface area contributed by atoms with Gasteiger partial charge in [0.1, 0.15) is 0 Å². The minimum Gasteiger partial charge on any atom is -0.395 e. The second-order valence-electron chi connectivity index (χ2n) is 3.57. The normalized spacial score (nSPS) is 14.5. The Balaban J connectivity index is 2.35. The predicted molar refractivity (Wildman–Crippen MR) is 63.1 cm³/mol. The Labute approximate surface area is 98.1 Å². The van der Waals surface area contributed by atoms with Crippen LogP contribution in [0.4, 0.5) is 5.69 Å². The number of anilines is 1. The van der Waals surface area contributed by atoms with Gasteiger partial charge < -0.3 is 10.4 Å². The van der Waals surface area contributed by atoms with Crippen LogP contribution < -0.4 is 10.6 Å². The van der Waals surface area contributed by atoms with Gasteiger partial charge in [-0.3, -0.25) is 14.9 Å². The Bertz CT molecular complexity index is 494. The zero-order valence-corrected chi connectivity index (χ0v) is 9.06. The van der Waals surface area contributed by atoms with Crippen molar-refractivity contribution in [2.45, 2.75) is 0 Å². The molecule has 17 heavy (non-hydrogen) atoms. The molecule has 2 amide bonds. The Morgan fingerprint density at radius 1 is 1.24 bits per heavy atom. The highest BCUT2D eigenvalue weighted by atomic mass is 16.3. The number of aliphatic hydroxyl groups is 1. The van der Waals surface area contributed by atoms with E-state index in [4.69, 9.17) is 5.11 Å². The minimum atomic E-state index is -0.401. The van der Waals surface area contributed by atoms with Crippen LogP contribution in [0.3, 0.4) is 0 Å². The quantitative estimate of drug-likeness (QED) is 0.645. The Morgan fingerprint density at radius 3 is 2.65 bits per heavy atom. The fourth-order valence-corrected chi connectivity index (χ4v) is 1.67. The predicted octanol–water partition coefficient (Wildman–Crippen LogP) is 0.131. The maximum Gasteiger partial charge on any atom is 0.258 e. The molecule has 5 heteroatoms. The second-order valence-corrected chi connectivity index (χ2v) is 3.57. The molecule has 0 atom stereocenters. The summed E-state index contributed by atoms with van der Waals surface area (Å²) in [6, 6.07) is 7.15. The summed E-state index contributed by atoms with van der Waals surface area (Å²) < 4.78 is 0. The van der Waals surface area contributed by atoms with E-state index >= 15 is 0 Å². The Morgan fingerprint density at radius 2 is 2.00 bits per heavy atom. The summed E-state index contributed by atoms with van der Waals surface area (Å²) in [7, 11) is 0. The van der Waals surface area contributed by atoms with Crippen molar-refractivity contribution in [2.75, 3.05) is 18.5 Å². The lowest BCUT2D eigenvalue weighted by molar-refractivity contribution is -0.123. The number of para-hydroxylation sites is 1. The van der Waals surface area contributed by atoms with E-state index in [2.05, 4.69) is 10.6 Å². The lowest BCUT2D eigenvalue weighted by Crippen LogP contribution is -2.22. The molecular weight excluding hydrogens is 220 g/mol. The number of benzene rings is 1. The fourth-order valence-electron chi connectivity index (χ4n) is 1.67. The maximum absolute atomic E-state index is 11.5. The number of aliphatic hydroxyl groups excluding tert-OH is 1. The average molecular weight is 232 g/mol. The van der Waals surface area contributed by atoms with Crippen LogP contribution >= 0.6 is 0 Å². The van der Waals surface area contributed by atoms with Crippen LogP contribution in [-0.2, 0) is 9.59 Å². The molecule has 1 aliphatic heterocycles. The topological polar surface area (TPSA) is 78.4 Å². The molecule has 0 aromatic heterocycles. The lowest BCUT2D eigenvalue weighted by Gasteiger charge is -2.10. The van der Waals surface area contributed by atoms with Crippen LogP contribution in [0.1, 0.15) is 5.56 Å². The number of carbonyl (C=O) groups is 2. The lowest BCUT2D eigenvalue weighted by atomic mass is 10.0. The summed E-state index contributed by atoms with van der Waals surface area (Å²) in [6.07, 6.45) is 1.28. The molecule has 3 N–H and O–H groups in total. The molecule has 5 nitrogen and oxygen atoms in total.